The first-order valence-electron chi connectivity index (χ1n) is 11.5. The predicted octanol–water partition coefficient (Wildman–Crippen LogP) is 6.53. The van der Waals surface area contributed by atoms with Crippen LogP contribution in [0.25, 0.3) is 27.7 Å². The summed E-state index contributed by atoms with van der Waals surface area (Å²) in [6.07, 6.45) is 11.5. The van der Waals surface area contributed by atoms with Crippen molar-refractivity contribution in [3.63, 3.8) is 0 Å². The molecule has 5 heteroatoms. The maximum absolute atomic E-state index is 12.6. The van der Waals surface area contributed by atoms with Crippen molar-refractivity contribution in [3.05, 3.63) is 65.9 Å². The number of rotatable bonds is 8. The van der Waals surface area contributed by atoms with Crippen LogP contribution in [-0.4, -0.2) is 26.7 Å². The summed E-state index contributed by atoms with van der Waals surface area (Å²) in [7, 11) is 3.28. The van der Waals surface area contributed by atoms with E-state index in [0.717, 1.165) is 58.2 Å². The minimum Gasteiger partial charge on any atom is -0.497 e. The van der Waals surface area contributed by atoms with E-state index in [1.54, 1.807) is 26.6 Å². The Kier molecular flexibility index (Phi) is 7.18. The first-order valence-corrected chi connectivity index (χ1v) is 11.5. The summed E-state index contributed by atoms with van der Waals surface area (Å²) in [4.78, 5) is 12.6. The van der Waals surface area contributed by atoms with Crippen molar-refractivity contribution in [1.82, 2.24) is 5.32 Å². The van der Waals surface area contributed by atoms with Gasteiger partial charge in [-0.05, 0) is 68.4 Å². The molecular formula is C28H31NO4. The largest absolute Gasteiger partial charge is 0.497 e. The van der Waals surface area contributed by atoms with Gasteiger partial charge in [-0.3, -0.25) is 4.79 Å². The fourth-order valence-electron chi connectivity index (χ4n) is 4.33. The van der Waals surface area contributed by atoms with Gasteiger partial charge in [0.1, 0.15) is 17.1 Å². The van der Waals surface area contributed by atoms with Gasteiger partial charge in [-0.15, -0.1) is 0 Å². The Labute approximate surface area is 195 Å². The third-order valence-electron chi connectivity index (χ3n) is 6.20. The summed E-state index contributed by atoms with van der Waals surface area (Å²) in [5.41, 5.74) is 5.91. The molecule has 0 aliphatic heterocycles. The molecule has 2 aromatic carbocycles. The zero-order chi connectivity index (χ0) is 23.2. The van der Waals surface area contributed by atoms with E-state index in [0.29, 0.717) is 12.3 Å². The molecule has 0 saturated heterocycles. The number of furan rings is 1. The van der Waals surface area contributed by atoms with Crippen LogP contribution in [0.4, 0.5) is 0 Å². The lowest BCUT2D eigenvalue weighted by molar-refractivity contribution is -0.116. The third-order valence-corrected chi connectivity index (χ3v) is 6.20. The highest BCUT2D eigenvalue weighted by Gasteiger charge is 2.15. The van der Waals surface area contributed by atoms with Crippen molar-refractivity contribution in [2.75, 3.05) is 20.8 Å². The lowest BCUT2D eigenvalue weighted by Gasteiger charge is -2.13. The summed E-state index contributed by atoms with van der Waals surface area (Å²) in [6, 6.07) is 11.8. The summed E-state index contributed by atoms with van der Waals surface area (Å²) < 4.78 is 16.7. The SMILES string of the molecule is COc1ccc(-c2coc3cc(OC)c(/C(C)=C/C(=O)NCCC4=CCCCC4)cc23)cc1. The Morgan fingerprint density at radius 1 is 1.12 bits per heavy atom. The number of carbonyl (C=O) groups is 1. The van der Waals surface area contributed by atoms with Gasteiger partial charge in [0.05, 0.1) is 20.5 Å². The molecule has 0 saturated carbocycles. The fraction of sp³-hybridized carbons (Fsp3) is 0.321. The van der Waals surface area contributed by atoms with Crippen LogP contribution >= 0.6 is 0 Å². The van der Waals surface area contributed by atoms with Crippen molar-refractivity contribution in [3.8, 4) is 22.6 Å². The quantitative estimate of drug-likeness (QED) is 0.316. The van der Waals surface area contributed by atoms with E-state index in [4.69, 9.17) is 13.9 Å². The van der Waals surface area contributed by atoms with Crippen molar-refractivity contribution < 1.29 is 18.7 Å². The van der Waals surface area contributed by atoms with Crippen LogP contribution < -0.4 is 14.8 Å². The first-order chi connectivity index (χ1) is 16.1. The fourth-order valence-corrected chi connectivity index (χ4v) is 4.33. The molecule has 33 heavy (non-hydrogen) atoms. The molecule has 3 aromatic rings. The number of hydrogen-bond acceptors (Lipinski definition) is 4. The predicted molar refractivity (Wildman–Crippen MR) is 133 cm³/mol. The standard InChI is InChI=1S/C28H31NO4/c1-19(15-28(30)29-14-13-20-7-5-4-6-8-20)23-16-24-25(18-33-27(24)17-26(23)32-3)21-9-11-22(31-2)12-10-21/h7,9-12,15-18H,4-6,8,13-14H2,1-3H3,(H,29,30)/b19-15+. The van der Waals surface area contributed by atoms with Gasteiger partial charge in [-0.1, -0.05) is 23.8 Å². The maximum atomic E-state index is 12.6. The Balaban J connectivity index is 1.55. The topological polar surface area (TPSA) is 60.7 Å². The molecule has 1 aromatic heterocycles. The number of hydrogen-bond donors (Lipinski definition) is 1. The van der Waals surface area contributed by atoms with Crippen LogP contribution in [-0.2, 0) is 4.79 Å². The zero-order valence-electron chi connectivity index (χ0n) is 19.6. The van der Waals surface area contributed by atoms with Gasteiger partial charge in [-0.2, -0.15) is 0 Å². The van der Waals surface area contributed by atoms with Crippen LogP contribution in [0.5, 0.6) is 11.5 Å². The van der Waals surface area contributed by atoms with Crippen molar-refractivity contribution in [2.45, 2.75) is 39.0 Å². The van der Waals surface area contributed by atoms with Gasteiger partial charge < -0.3 is 19.2 Å². The van der Waals surface area contributed by atoms with Crippen molar-refractivity contribution >= 4 is 22.4 Å². The molecule has 0 bridgehead atoms. The lowest BCUT2D eigenvalue weighted by Crippen LogP contribution is -2.23. The number of methoxy groups -OCH3 is 2. The summed E-state index contributed by atoms with van der Waals surface area (Å²) in [5, 5.41) is 3.99. The molecule has 172 valence electrons. The monoisotopic (exact) mass is 445 g/mol. The third kappa shape index (κ3) is 5.30. The second kappa shape index (κ2) is 10.4. The highest BCUT2D eigenvalue weighted by atomic mass is 16.5. The Morgan fingerprint density at radius 3 is 2.64 bits per heavy atom. The number of fused-ring (bicyclic) bond motifs is 1. The van der Waals surface area contributed by atoms with E-state index >= 15 is 0 Å². The van der Waals surface area contributed by atoms with Crippen LogP contribution in [0.1, 0.15) is 44.6 Å². The van der Waals surface area contributed by atoms with Crippen molar-refractivity contribution in [1.29, 1.82) is 0 Å². The lowest BCUT2D eigenvalue weighted by atomic mass is 9.97. The molecule has 0 spiro atoms. The Morgan fingerprint density at radius 2 is 1.94 bits per heavy atom. The number of carbonyl (C=O) groups excluding carboxylic acids is 1. The normalized spacial score (nSPS) is 14.2. The molecular weight excluding hydrogens is 414 g/mol. The minimum atomic E-state index is -0.0892. The summed E-state index contributed by atoms with van der Waals surface area (Å²) >= 11 is 0. The minimum absolute atomic E-state index is 0.0892. The average Bonchev–Trinajstić information content (AvgIpc) is 3.26. The van der Waals surface area contributed by atoms with E-state index < -0.39 is 0 Å². The van der Waals surface area contributed by atoms with Crippen LogP contribution in [0.3, 0.4) is 0 Å². The van der Waals surface area contributed by atoms with Gasteiger partial charge in [0, 0.05) is 35.2 Å². The van der Waals surface area contributed by atoms with Gasteiger partial charge in [0.2, 0.25) is 5.91 Å². The molecule has 5 nitrogen and oxygen atoms in total. The van der Waals surface area contributed by atoms with E-state index in [1.165, 1.54) is 18.4 Å². The van der Waals surface area contributed by atoms with E-state index in [-0.39, 0.29) is 5.91 Å². The van der Waals surface area contributed by atoms with E-state index in [9.17, 15) is 4.79 Å². The number of ether oxygens (including phenoxy) is 2. The number of amides is 1. The first kappa shape index (κ1) is 22.7. The highest BCUT2D eigenvalue weighted by Crippen LogP contribution is 2.37. The van der Waals surface area contributed by atoms with E-state index in [1.807, 2.05) is 43.3 Å². The van der Waals surface area contributed by atoms with Crippen LogP contribution in [0.2, 0.25) is 0 Å². The van der Waals surface area contributed by atoms with Gasteiger partial charge in [-0.25, -0.2) is 0 Å². The zero-order valence-corrected chi connectivity index (χ0v) is 19.6. The molecule has 1 N–H and O–H groups in total. The van der Waals surface area contributed by atoms with Crippen LogP contribution in [0.15, 0.2) is 64.8 Å². The molecule has 1 heterocycles. The molecule has 0 fully saturated rings. The number of benzene rings is 2. The second-order valence-electron chi connectivity index (χ2n) is 8.40. The smallest absolute Gasteiger partial charge is 0.244 e. The molecule has 0 radical (unpaired) electrons. The van der Waals surface area contributed by atoms with Gasteiger partial charge >= 0.3 is 0 Å². The molecule has 1 aliphatic carbocycles. The van der Waals surface area contributed by atoms with Crippen molar-refractivity contribution in [2.24, 2.45) is 0 Å². The number of allylic oxidation sites excluding steroid dienone is 2. The molecule has 1 aliphatic rings. The Hall–Kier alpha value is -3.47. The average molecular weight is 446 g/mol. The van der Waals surface area contributed by atoms with E-state index in [2.05, 4.69) is 11.4 Å². The molecule has 0 unspecified atom stereocenters. The van der Waals surface area contributed by atoms with Gasteiger partial charge in [0.25, 0.3) is 0 Å². The van der Waals surface area contributed by atoms with Gasteiger partial charge in [0.15, 0.2) is 0 Å². The highest BCUT2D eigenvalue weighted by molar-refractivity contribution is 6.00. The summed E-state index contributed by atoms with van der Waals surface area (Å²) in [6.45, 7) is 2.59. The molecule has 0 atom stereocenters. The molecule has 1 amide bonds. The Bertz CT molecular complexity index is 1180. The summed E-state index contributed by atoms with van der Waals surface area (Å²) in [5.74, 6) is 1.39. The van der Waals surface area contributed by atoms with Crippen LogP contribution in [0, 0.1) is 0 Å². The number of nitrogens with one attached hydrogen (secondary N) is 1. The maximum Gasteiger partial charge on any atom is 0.244 e. The second-order valence-corrected chi connectivity index (χ2v) is 8.40. The molecule has 4 rings (SSSR count).